The molecule has 116 valence electrons. The average Bonchev–Trinajstić information content (AvgIpc) is 2.45. The Labute approximate surface area is 126 Å². The fraction of sp³-hybridized carbons (Fsp3) is 0.286. The van der Waals surface area contributed by atoms with Gasteiger partial charge in [-0.25, -0.2) is 9.78 Å². The summed E-state index contributed by atoms with van der Waals surface area (Å²) in [6, 6.07) is 3.01. The standard InChI is InChI=1S/C14H15N3O5/c1-7-5-8(2)15-12(11(7)13(18)19)22-14-16-9(20-3)6-10(17-14)21-4/h5-6H,1-4H3,(H,18,19). The molecule has 0 bridgehead atoms. The van der Waals surface area contributed by atoms with E-state index >= 15 is 0 Å². The topological polar surface area (TPSA) is 104 Å². The number of carboxylic acid groups (broad SMARTS) is 1. The van der Waals surface area contributed by atoms with Crippen LogP contribution in [0.3, 0.4) is 0 Å². The number of carboxylic acids is 1. The molecule has 0 unspecified atom stereocenters. The van der Waals surface area contributed by atoms with Crippen LogP contribution in [0, 0.1) is 13.8 Å². The zero-order chi connectivity index (χ0) is 16.3. The normalized spacial score (nSPS) is 10.2. The number of carbonyl (C=O) groups is 1. The Kier molecular flexibility index (Phi) is 4.40. The van der Waals surface area contributed by atoms with Crippen molar-refractivity contribution in [1.29, 1.82) is 0 Å². The highest BCUT2D eigenvalue weighted by Gasteiger charge is 2.19. The minimum Gasteiger partial charge on any atom is -0.481 e. The summed E-state index contributed by atoms with van der Waals surface area (Å²) in [4.78, 5) is 23.4. The Hall–Kier alpha value is -2.90. The summed E-state index contributed by atoms with van der Waals surface area (Å²) in [5.74, 6) is -0.777. The largest absolute Gasteiger partial charge is 0.481 e. The third-order valence-electron chi connectivity index (χ3n) is 2.79. The van der Waals surface area contributed by atoms with Crippen LogP contribution < -0.4 is 14.2 Å². The van der Waals surface area contributed by atoms with Crippen LogP contribution in [0.4, 0.5) is 0 Å². The first-order valence-corrected chi connectivity index (χ1v) is 6.31. The molecule has 0 saturated carbocycles. The van der Waals surface area contributed by atoms with Crippen LogP contribution in [0.25, 0.3) is 0 Å². The maximum atomic E-state index is 11.4. The zero-order valence-corrected chi connectivity index (χ0v) is 12.6. The highest BCUT2D eigenvalue weighted by Crippen LogP contribution is 2.27. The van der Waals surface area contributed by atoms with E-state index in [0.717, 1.165) is 0 Å². The quantitative estimate of drug-likeness (QED) is 0.894. The van der Waals surface area contributed by atoms with Crippen LogP contribution in [-0.2, 0) is 0 Å². The number of rotatable bonds is 5. The van der Waals surface area contributed by atoms with Gasteiger partial charge < -0.3 is 19.3 Å². The van der Waals surface area contributed by atoms with Crippen molar-refractivity contribution >= 4 is 5.97 Å². The van der Waals surface area contributed by atoms with Gasteiger partial charge in [-0.3, -0.25) is 0 Å². The lowest BCUT2D eigenvalue weighted by Crippen LogP contribution is -2.07. The smallest absolute Gasteiger partial charge is 0.341 e. The van der Waals surface area contributed by atoms with Crippen molar-refractivity contribution in [1.82, 2.24) is 15.0 Å². The van der Waals surface area contributed by atoms with E-state index in [9.17, 15) is 9.90 Å². The summed E-state index contributed by atoms with van der Waals surface area (Å²) in [5.41, 5.74) is 1.10. The lowest BCUT2D eigenvalue weighted by Gasteiger charge is -2.11. The minimum atomic E-state index is -1.14. The van der Waals surface area contributed by atoms with Gasteiger partial charge in [0.05, 0.1) is 20.3 Å². The van der Waals surface area contributed by atoms with Gasteiger partial charge in [-0.1, -0.05) is 0 Å². The van der Waals surface area contributed by atoms with Crippen molar-refractivity contribution in [3.63, 3.8) is 0 Å². The fourth-order valence-electron chi connectivity index (χ4n) is 1.86. The third kappa shape index (κ3) is 3.22. The van der Waals surface area contributed by atoms with E-state index in [2.05, 4.69) is 15.0 Å². The van der Waals surface area contributed by atoms with E-state index in [1.54, 1.807) is 19.9 Å². The number of ether oxygens (including phenoxy) is 3. The molecule has 0 saturated heterocycles. The van der Waals surface area contributed by atoms with E-state index < -0.39 is 5.97 Å². The number of hydrogen-bond donors (Lipinski definition) is 1. The first-order valence-electron chi connectivity index (χ1n) is 6.31. The summed E-state index contributed by atoms with van der Waals surface area (Å²) in [7, 11) is 2.87. The van der Waals surface area contributed by atoms with Crippen molar-refractivity contribution in [3.8, 4) is 23.7 Å². The van der Waals surface area contributed by atoms with E-state index in [4.69, 9.17) is 14.2 Å². The maximum absolute atomic E-state index is 11.4. The van der Waals surface area contributed by atoms with E-state index in [-0.39, 0.29) is 29.2 Å². The summed E-state index contributed by atoms with van der Waals surface area (Å²) >= 11 is 0. The molecule has 0 fully saturated rings. The number of aromatic carboxylic acids is 1. The molecule has 2 heterocycles. The molecule has 8 nitrogen and oxygen atoms in total. The van der Waals surface area contributed by atoms with Gasteiger partial charge in [0, 0.05) is 5.69 Å². The first-order chi connectivity index (χ1) is 10.4. The Morgan fingerprint density at radius 2 is 1.64 bits per heavy atom. The molecule has 0 spiro atoms. The lowest BCUT2D eigenvalue weighted by molar-refractivity contribution is 0.0692. The predicted molar refractivity (Wildman–Crippen MR) is 75.9 cm³/mol. The van der Waals surface area contributed by atoms with Crippen LogP contribution in [0.1, 0.15) is 21.6 Å². The number of aromatic nitrogens is 3. The van der Waals surface area contributed by atoms with Crippen LogP contribution in [0.5, 0.6) is 23.7 Å². The van der Waals surface area contributed by atoms with Gasteiger partial charge in [-0.15, -0.1) is 0 Å². The van der Waals surface area contributed by atoms with Crippen molar-refractivity contribution in [3.05, 3.63) is 29.0 Å². The molecule has 2 rings (SSSR count). The second kappa shape index (κ2) is 6.25. The average molecular weight is 305 g/mol. The predicted octanol–water partition coefficient (Wildman–Crippen LogP) is 2.00. The monoisotopic (exact) mass is 305 g/mol. The van der Waals surface area contributed by atoms with Gasteiger partial charge >= 0.3 is 12.0 Å². The van der Waals surface area contributed by atoms with Crippen molar-refractivity contribution in [2.75, 3.05) is 14.2 Å². The Morgan fingerprint density at radius 3 is 2.14 bits per heavy atom. The number of aryl methyl sites for hydroxylation is 2. The molecule has 1 N–H and O–H groups in total. The van der Waals surface area contributed by atoms with Crippen LogP contribution in [-0.4, -0.2) is 40.2 Å². The van der Waals surface area contributed by atoms with E-state index in [1.165, 1.54) is 20.3 Å². The second-order valence-electron chi connectivity index (χ2n) is 4.40. The Balaban J connectivity index is 2.49. The lowest BCUT2D eigenvalue weighted by atomic mass is 10.1. The molecule has 0 aromatic carbocycles. The SMILES string of the molecule is COc1cc(OC)nc(Oc2nc(C)cc(C)c2C(=O)O)n1. The van der Waals surface area contributed by atoms with Crippen LogP contribution in [0.2, 0.25) is 0 Å². The molecular weight excluding hydrogens is 290 g/mol. The molecule has 22 heavy (non-hydrogen) atoms. The van der Waals surface area contributed by atoms with Crippen molar-refractivity contribution < 1.29 is 24.1 Å². The molecule has 0 atom stereocenters. The highest BCUT2D eigenvalue weighted by molar-refractivity contribution is 5.92. The number of methoxy groups -OCH3 is 2. The molecule has 0 aliphatic rings. The van der Waals surface area contributed by atoms with Gasteiger partial charge in [0.25, 0.3) is 0 Å². The molecule has 8 heteroatoms. The van der Waals surface area contributed by atoms with Gasteiger partial charge in [0.15, 0.2) is 0 Å². The number of hydrogen-bond acceptors (Lipinski definition) is 7. The van der Waals surface area contributed by atoms with Gasteiger partial charge in [-0.2, -0.15) is 9.97 Å². The molecule has 0 aliphatic carbocycles. The molecule has 0 aliphatic heterocycles. The van der Waals surface area contributed by atoms with Crippen LogP contribution >= 0.6 is 0 Å². The van der Waals surface area contributed by atoms with Gasteiger partial charge in [0.2, 0.25) is 17.6 Å². The Bertz CT molecular complexity index is 696. The maximum Gasteiger partial charge on any atom is 0.341 e. The van der Waals surface area contributed by atoms with Gasteiger partial charge in [0.1, 0.15) is 5.56 Å². The summed E-state index contributed by atoms with van der Waals surface area (Å²) in [6.07, 6.45) is 0. The van der Waals surface area contributed by atoms with Crippen LogP contribution in [0.15, 0.2) is 12.1 Å². The number of pyridine rings is 1. The number of nitrogens with zero attached hydrogens (tertiary/aromatic N) is 3. The molecule has 0 amide bonds. The molecule has 2 aromatic heterocycles. The van der Waals surface area contributed by atoms with Crippen molar-refractivity contribution in [2.45, 2.75) is 13.8 Å². The van der Waals surface area contributed by atoms with Gasteiger partial charge in [-0.05, 0) is 25.5 Å². The highest BCUT2D eigenvalue weighted by atomic mass is 16.5. The zero-order valence-electron chi connectivity index (χ0n) is 12.6. The summed E-state index contributed by atoms with van der Waals surface area (Å²) in [5, 5.41) is 9.31. The molecule has 0 radical (unpaired) electrons. The summed E-state index contributed by atoms with van der Waals surface area (Å²) in [6.45, 7) is 3.40. The molecular formula is C14H15N3O5. The van der Waals surface area contributed by atoms with E-state index in [1.807, 2.05) is 0 Å². The Morgan fingerprint density at radius 1 is 1.05 bits per heavy atom. The van der Waals surface area contributed by atoms with Crippen molar-refractivity contribution in [2.24, 2.45) is 0 Å². The minimum absolute atomic E-state index is 0.0454. The molecule has 2 aromatic rings. The third-order valence-corrected chi connectivity index (χ3v) is 2.79. The first kappa shape index (κ1) is 15.5. The second-order valence-corrected chi connectivity index (χ2v) is 4.40. The fourth-order valence-corrected chi connectivity index (χ4v) is 1.86. The van der Waals surface area contributed by atoms with E-state index in [0.29, 0.717) is 11.3 Å². The summed E-state index contributed by atoms with van der Waals surface area (Å²) < 4.78 is 15.5.